The molecular weight excluding hydrogens is 254 g/mol. The Labute approximate surface area is 117 Å². The molecular formula is C15H19N3O2. The van der Waals surface area contributed by atoms with Crippen LogP contribution >= 0.6 is 0 Å². The summed E-state index contributed by atoms with van der Waals surface area (Å²) in [5.41, 5.74) is 0.366. The van der Waals surface area contributed by atoms with Gasteiger partial charge in [0.25, 0.3) is 5.56 Å². The molecule has 0 fully saturated rings. The highest BCUT2D eigenvalue weighted by atomic mass is 16.1. The molecule has 0 aliphatic carbocycles. The normalized spacial score (nSPS) is 12.3. The maximum atomic E-state index is 12.0. The number of carbonyl (C=O) groups is 1. The van der Waals surface area contributed by atoms with Crippen LogP contribution in [0.3, 0.4) is 0 Å². The number of fused-ring (bicyclic) bond motifs is 1. The Morgan fingerprint density at radius 3 is 2.75 bits per heavy atom. The summed E-state index contributed by atoms with van der Waals surface area (Å²) in [5.74, 6) is -0.0735. The number of hydrogen-bond acceptors (Lipinski definition) is 3. The number of hydrogen-bond donors (Lipinski definition) is 2. The Kier molecular flexibility index (Phi) is 4.50. The first-order valence-electron chi connectivity index (χ1n) is 6.87. The van der Waals surface area contributed by atoms with E-state index in [1.165, 1.54) is 0 Å². The first-order valence-corrected chi connectivity index (χ1v) is 6.87. The zero-order chi connectivity index (χ0) is 14.5. The van der Waals surface area contributed by atoms with Crippen LogP contribution in [0.15, 0.2) is 29.1 Å². The maximum Gasteiger partial charge on any atom is 0.272 e. The van der Waals surface area contributed by atoms with Gasteiger partial charge < -0.3 is 5.32 Å². The smallest absolute Gasteiger partial charge is 0.272 e. The van der Waals surface area contributed by atoms with E-state index >= 15 is 0 Å². The van der Waals surface area contributed by atoms with E-state index in [0.717, 1.165) is 18.2 Å². The van der Waals surface area contributed by atoms with E-state index in [4.69, 9.17) is 0 Å². The third kappa shape index (κ3) is 3.23. The molecule has 2 rings (SSSR count). The van der Waals surface area contributed by atoms with Gasteiger partial charge in [-0.25, -0.2) is 5.10 Å². The first kappa shape index (κ1) is 14.2. The van der Waals surface area contributed by atoms with Crippen molar-refractivity contribution in [1.82, 2.24) is 15.5 Å². The van der Waals surface area contributed by atoms with Crippen molar-refractivity contribution in [2.45, 2.75) is 39.2 Å². The van der Waals surface area contributed by atoms with Gasteiger partial charge in [0.15, 0.2) is 0 Å². The molecule has 1 aromatic carbocycles. The van der Waals surface area contributed by atoms with E-state index in [1.807, 2.05) is 19.1 Å². The van der Waals surface area contributed by atoms with Crippen molar-refractivity contribution in [3.8, 4) is 0 Å². The second-order valence-electron chi connectivity index (χ2n) is 4.98. The highest BCUT2D eigenvalue weighted by molar-refractivity contribution is 5.88. The van der Waals surface area contributed by atoms with Gasteiger partial charge in [-0.1, -0.05) is 31.5 Å². The molecule has 0 aliphatic rings. The Balaban J connectivity index is 2.20. The number of H-pyrrole nitrogens is 1. The molecule has 1 amide bonds. The second-order valence-corrected chi connectivity index (χ2v) is 4.98. The van der Waals surface area contributed by atoms with Crippen LogP contribution in [0.1, 0.15) is 32.4 Å². The number of benzene rings is 1. The molecule has 1 aromatic heterocycles. The van der Waals surface area contributed by atoms with Crippen LogP contribution in [-0.4, -0.2) is 22.1 Å². The molecule has 0 saturated carbocycles. The van der Waals surface area contributed by atoms with Crippen molar-refractivity contribution < 1.29 is 4.79 Å². The van der Waals surface area contributed by atoms with E-state index in [-0.39, 0.29) is 23.9 Å². The minimum absolute atomic E-state index is 0.0735. The van der Waals surface area contributed by atoms with E-state index in [1.54, 1.807) is 12.1 Å². The average Bonchev–Trinajstić information content (AvgIpc) is 2.42. The summed E-state index contributed by atoms with van der Waals surface area (Å²) >= 11 is 0. The summed E-state index contributed by atoms with van der Waals surface area (Å²) in [6, 6.07) is 7.34. The molecule has 0 radical (unpaired) electrons. The van der Waals surface area contributed by atoms with Gasteiger partial charge in [-0.2, -0.15) is 5.10 Å². The van der Waals surface area contributed by atoms with Gasteiger partial charge in [0.2, 0.25) is 5.91 Å². The lowest BCUT2D eigenvalue weighted by Crippen LogP contribution is -2.34. The molecule has 106 valence electrons. The summed E-state index contributed by atoms with van der Waals surface area (Å²) in [6.45, 7) is 4.07. The predicted octanol–water partition coefficient (Wildman–Crippen LogP) is 1.77. The summed E-state index contributed by atoms with van der Waals surface area (Å²) in [5, 5.41) is 10.7. The molecule has 0 spiro atoms. The van der Waals surface area contributed by atoms with Gasteiger partial charge in [-0.3, -0.25) is 9.59 Å². The zero-order valence-corrected chi connectivity index (χ0v) is 11.8. The number of nitrogens with one attached hydrogen (secondary N) is 2. The summed E-state index contributed by atoms with van der Waals surface area (Å²) < 4.78 is 0. The summed E-state index contributed by atoms with van der Waals surface area (Å²) in [7, 11) is 0. The number of rotatable bonds is 5. The standard InChI is InChI=1S/C15H19N3O2/c1-3-6-10(2)16-14(19)9-13-11-7-4-5-8-12(11)15(20)18-17-13/h4-5,7-8,10H,3,6,9H2,1-2H3,(H,16,19)(H,18,20). The van der Waals surface area contributed by atoms with Gasteiger partial charge in [-0.15, -0.1) is 0 Å². The Morgan fingerprint density at radius 2 is 2.05 bits per heavy atom. The van der Waals surface area contributed by atoms with Crippen LogP contribution in [0.4, 0.5) is 0 Å². The SMILES string of the molecule is CCCC(C)NC(=O)Cc1n[nH]c(=O)c2ccccc12. The van der Waals surface area contributed by atoms with Crippen molar-refractivity contribution >= 4 is 16.7 Å². The van der Waals surface area contributed by atoms with Gasteiger partial charge in [0, 0.05) is 11.4 Å². The van der Waals surface area contributed by atoms with Crippen molar-refractivity contribution in [3.63, 3.8) is 0 Å². The molecule has 5 nitrogen and oxygen atoms in total. The fourth-order valence-corrected chi connectivity index (χ4v) is 2.29. The number of aromatic amines is 1. The molecule has 2 aromatic rings. The Morgan fingerprint density at radius 1 is 1.35 bits per heavy atom. The monoisotopic (exact) mass is 273 g/mol. The fourth-order valence-electron chi connectivity index (χ4n) is 2.29. The van der Waals surface area contributed by atoms with Crippen LogP contribution in [0, 0.1) is 0 Å². The zero-order valence-electron chi connectivity index (χ0n) is 11.8. The second kappa shape index (κ2) is 6.32. The predicted molar refractivity (Wildman–Crippen MR) is 78.6 cm³/mol. The molecule has 1 unspecified atom stereocenters. The molecule has 0 saturated heterocycles. The van der Waals surface area contributed by atoms with Crippen molar-refractivity contribution in [3.05, 3.63) is 40.3 Å². The highest BCUT2D eigenvalue weighted by Crippen LogP contribution is 2.12. The average molecular weight is 273 g/mol. The van der Waals surface area contributed by atoms with Crippen LogP contribution in [-0.2, 0) is 11.2 Å². The van der Waals surface area contributed by atoms with Crippen LogP contribution in [0.5, 0.6) is 0 Å². The first-order chi connectivity index (χ1) is 9.61. The van der Waals surface area contributed by atoms with Crippen molar-refractivity contribution in [1.29, 1.82) is 0 Å². The van der Waals surface area contributed by atoms with E-state index in [2.05, 4.69) is 22.4 Å². The number of nitrogens with zero attached hydrogens (tertiary/aromatic N) is 1. The van der Waals surface area contributed by atoms with Gasteiger partial charge in [0.05, 0.1) is 17.5 Å². The summed E-state index contributed by atoms with van der Waals surface area (Å²) in [6.07, 6.45) is 2.15. The topological polar surface area (TPSA) is 74.8 Å². The largest absolute Gasteiger partial charge is 0.353 e. The number of carbonyl (C=O) groups excluding carboxylic acids is 1. The molecule has 5 heteroatoms. The summed E-state index contributed by atoms with van der Waals surface area (Å²) in [4.78, 5) is 23.6. The van der Waals surface area contributed by atoms with Crippen LogP contribution < -0.4 is 10.9 Å². The minimum atomic E-state index is -0.232. The minimum Gasteiger partial charge on any atom is -0.353 e. The molecule has 1 atom stereocenters. The Bertz CT molecular complexity index is 663. The third-order valence-electron chi connectivity index (χ3n) is 3.23. The molecule has 20 heavy (non-hydrogen) atoms. The van der Waals surface area contributed by atoms with Crippen molar-refractivity contribution in [2.24, 2.45) is 0 Å². The van der Waals surface area contributed by atoms with Gasteiger partial charge in [-0.05, 0) is 19.4 Å². The van der Waals surface area contributed by atoms with E-state index < -0.39 is 0 Å². The maximum absolute atomic E-state index is 12.0. The number of amides is 1. The quantitative estimate of drug-likeness (QED) is 0.871. The fraction of sp³-hybridized carbons (Fsp3) is 0.400. The molecule has 0 bridgehead atoms. The highest BCUT2D eigenvalue weighted by Gasteiger charge is 2.12. The van der Waals surface area contributed by atoms with Crippen LogP contribution in [0.2, 0.25) is 0 Å². The lowest BCUT2D eigenvalue weighted by Gasteiger charge is -2.12. The van der Waals surface area contributed by atoms with Gasteiger partial charge in [0.1, 0.15) is 0 Å². The molecule has 0 aliphatic heterocycles. The van der Waals surface area contributed by atoms with Crippen LogP contribution in [0.25, 0.3) is 10.8 Å². The van der Waals surface area contributed by atoms with E-state index in [9.17, 15) is 9.59 Å². The number of aromatic nitrogens is 2. The van der Waals surface area contributed by atoms with Crippen molar-refractivity contribution in [2.75, 3.05) is 0 Å². The third-order valence-corrected chi connectivity index (χ3v) is 3.23. The Hall–Kier alpha value is -2.17. The van der Waals surface area contributed by atoms with Gasteiger partial charge >= 0.3 is 0 Å². The molecule has 2 N–H and O–H groups in total. The lowest BCUT2D eigenvalue weighted by atomic mass is 10.1. The lowest BCUT2D eigenvalue weighted by molar-refractivity contribution is -0.121. The molecule has 1 heterocycles. The van der Waals surface area contributed by atoms with E-state index in [0.29, 0.717) is 11.1 Å².